The van der Waals surface area contributed by atoms with Crippen LogP contribution in [0.25, 0.3) is 0 Å². The van der Waals surface area contributed by atoms with Gasteiger partial charge in [-0.2, -0.15) is 0 Å². The number of benzene rings is 1. The topological polar surface area (TPSA) is 66.8 Å². The Labute approximate surface area is 146 Å². The van der Waals surface area contributed by atoms with E-state index in [4.69, 9.17) is 4.74 Å². The van der Waals surface area contributed by atoms with Gasteiger partial charge in [-0.3, -0.25) is 4.79 Å². The number of rotatable bonds is 4. The molecule has 3 rings (SSSR count). The van der Waals surface area contributed by atoms with Gasteiger partial charge in [0.15, 0.2) is 6.04 Å². The van der Waals surface area contributed by atoms with Crippen LogP contribution in [0.1, 0.15) is 11.6 Å². The smallest absolute Gasteiger partial charge is 0.331 e. The van der Waals surface area contributed by atoms with E-state index >= 15 is 0 Å². The number of aliphatic carboxylic acids is 1. The predicted molar refractivity (Wildman–Crippen MR) is 88.2 cm³/mol. The molecule has 126 valence electrons. The first kappa shape index (κ1) is 16.7. The van der Waals surface area contributed by atoms with E-state index in [2.05, 4.69) is 15.9 Å². The van der Waals surface area contributed by atoms with Crippen molar-refractivity contribution in [3.05, 3.63) is 52.3 Å². The molecule has 1 aromatic rings. The molecule has 1 aliphatic heterocycles. The summed E-state index contributed by atoms with van der Waals surface area (Å²) in [5.74, 6) is -2.37. The molecule has 3 unspecified atom stereocenters. The quantitative estimate of drug-likeness (QED) is 0.850. The number of carbonyl (C=O) groups excluding carboxylic acids is 1. The Morgan fingerprint density at radius 2 is 2.25 bits per heavy atom. The van der Waals surface area contributed by atoms with Crippen molar-refractivity contribution in [3.8, 4) is 5.75 Å². The van der Waals surface area contributed by atoms with Gasteiger partial charge in [0.2, 0.25) is 5.91 Å². The van der Waals surface area contributed by atoms with Gasteiger partial charge in [-0.1, -0.05) is 34.2 Å². The summed E-state index contributed by atoms with van der Waals surface area (Å²) >= 11 is 3.33. The molecule has 1 fully saturated rings. The highest BCUT2D eigenvalue weighted by Gasteiger charge is 2.45. The molecule has 1 saturated heterocycles. The average Bonchev–Trinajstić information content (AvgIpc) is 2.84. The fraction of sp³-hybridized carbons (Fsp3) is 0.294. The lowest BCUT2D eigenvalue weighted by Crippen LogP contribution is -2.36. The molecule has 1 heterocycles. The molecule has 1 N–H and O–H groups in total. The zero-order valence-electron chi connectivity index (χ0n) is 12.8. The molecule has 1 amide bonds. The van der Waals surface area contributed by atoms with Crippen molar-refractivity contribution in [2.45, 2.75) is 6.04 Å². The third-order valence-corrected chi connectivity index (χ3v) is 4.84. The first-order chi connectivity index (χ1) is 11.4. The van der Waals surface area contributed by atoms with Crippen LogP contribution >= 0.6 is 15.9 Å². The molecule has 5 nitrogen and oxygen atoms in total. The van der Waals surface area contributed by atoms with Gasteiger partial charge in [-0.25, -0.2) is 9.18 Å². The maximum absolute atomic E-state index is 13.7. The van der Waals surface area contributed by atoms with E-state index < -0.39 is 23.7 Å². The van der Waals surface area contributed by atoms with Crippen LogP contribution in [0.2, 0.25) is 0 Å². The molecular formula is C17H15BrFNO4. The standard InChI is InChI=1S/C17H15BrFNO4/c1-24-14-5-4-11(19)7-13(14)15(17(22)23)20-8-9-2-3-10(18)6-12(9)16(20)21/h2-7,9,12,15H,8H2,1H3,(H,22,23). The Balaban J connectivity index is 2.02. The lowest BCUT2D eigenvalue weighted by atomic mass is 9.92. The lowest BCUT2D eigenvalue weighted by molar-refractivity contribution is -0.149. The van der Waals surface area contributed by atoms with Crippen molar-refractivity contribution in [1.29, 1.82) is 0 Å². The lowest BCUT2D eigenvalue weighted by Gasteiger charge is -2.26. The Morgan fingerprint density at radius 1 is 1.50 bits per heavy atom. The predicted octanol–water partition coefficient (Wildman–Crippen LogP) is 2.88. The van der Waals surface area contributed by atoms with Crippen LogP contribution in [-0.2, 0) is 9.59 Å². The molecule has 0 aromatic heterocycles. The van der Waals surface area contributed by atoms with Gasteiger partial charge in [-0.05, 0) is 18.2 Å². The molecular weight excluding hydrogens is 381 g/mol. The second-order valence-corrected chi connectivity index (χ2v) is 6.63. The van der Waals surface area contributed by atoms with Crippen molar-refractivity contribution in [2.24, 2.45) is 11.8 Å². The summed E-state index contributed by atoms with van der Waals surface area (Å²) in [6.07, 6.45) is 5.50. The van der Waals surface area contributed by atoms with E-state index in [-0.39, 0.29) is 29.7 Å². The van der Waals surface area contributed by atoms with Crippen molar-refractivity contribution in [3.63, 3.8) is 0 Å². The number of hydrogen-bond donors (Lipinski definition) is 1. The fourth-order valence-corrected chi connectivity index (χ4v) is 3.65. The highest BCUT2D eigenvalue weighted by molar-refractivity contribution is 9.11. The Morgan fingerprint density at radius 3 is 2.92 bits per heavy atom. The Bertz CT molecular complexity index is 761. The van der Waals surface area contributed by atoms with E-state index in [1.165, 1.54) is 24.1 Å². The molecule has 7 heteroatoms. The summed E-state index contributed by atoms with van der Waals surface area (Å²) in [6.45, 7) is 0.257. The SMILES string of the molecule is COc1ccc(F)cc1C(C(=O)O)N1CC2C=CC(Br)=CC2C1=O. The van der Waals surface area contributed by atoms with Gasteiger partial charge in [0.1, 0.15) is 11.6 Å². The van der Waals surface area contributed by atoms with Gasteiger partial charge in [-0.15, -0.1) is 0 Å². The van der Waals surface area contributed by atoms with Crippen molar-refractivity contribution in [1.82, 2.24) is 4.90 Å². The van der Waals surface area contributed by atoms with Gasteiger partial charge in [0.05, 0.1) is 13.0 Å². The summed E-state index contributed by atoms with van der Waals surface area (Å²) in [7, 11) is 1.38. The summed E-state index contributed by atoms with van der Waals surface area (Å²) in [4.78, 5) is 25.9. The number of halogens is 2. The summed E-state index contributed by atoms with van der Waals surface area (Å²) in [5, 5.41) is 9.69. The third kappa shape index (κ3) is 2.84. The molecule has 1 aromatic carbocycles. The van der Waals surface area contributed by atoms with E-state index in [0.717, 1.165) is 10.5 Å². The number of carboxylic acid groups (broad SMARTS) is 1. The number of amides is 1. The van der Waals surface area contributed by atoms with Crippen molar-refractivity contribution < 1.29 is 23.8 Å². The minimum absolute atomic E-state index is 0.0970. The number of fused-ring (bicyclic) bond motifs is 1. The van der Waals surface area contributed by atoms with E-state index in [1.54, 1.807) is 6.08 Å². The highest BCUT2D eigenvalue weighted by atomic mass is 79.9. The molecule has 0 saturated carbocycles. The van der Waals surface area contributed by atoms with E-state index in [1.807, 2.05) is 12.2 Å². The molecule has 1 aliphatic carbocycles. The summed E-state index contributed by atoms with van der Waals surface area (Å²) < 4.78 is 19.6. The first-order valence-corrected chi connectivity index (χ1v) is 8.14. The van der Waals surface area contributed by atoms with E-state index in [0.29, 0.717) is 0 Å². The summed E-state index contributed by atoms with van der Waals surface area (Å²) in [5.41, 5.74) is 0.129. The van der Waals surface area contributed by atoms with Gasteiger partial charge in [0.25, 0.3) is 0 Å². The van der Waals surface area contributed by atoms with Crippen LogP contribution in [0.3, 0.4) is 0 Å². The van der Waals surface area contributed by atoms with Crippen LogP contribution in [0.4, 0.5) is 4.39 Å². The van der Waals surface area contributed by atoms with Gasteiger partial charge in [0, 0.05) is 22.5 Å². The Hall–Kier alpha value is -2.15. The van der Waals surface area contributed by atoms with Gasteiger partial charge >= 0.3 is 5.97 Å². The van der Waals surface area contributed by atoms with Crippen molar-refractivity contribution in [2.75, 3.05) is 13.7 Å². The Kier molecular flexibility index (Phi) is 4.45. The maximum atomic E-state index is 13.7. The fourth-order valence-electron chi connectivity index (χ4n) is 3.21. The molecule has 24 heavy (non-hydrogen) atoms. The van der Waals surface area contributed by atoms with E-state index in [9.17, 15) is 19.1 Å². The maximum Gasteiger partial charge on any atom is 0.331 e. The summed E-state index contributed by atoms with van der Waals surface area (Å²) in [6, 6.07) is 2.36. The number of nitrogens with zero attached hydrogens (tertiary/aromatic N) is 1. The number of methoxy groups -OCH3 is 1. The number of ether oxygens (including phenoxy) is 1. The van der Waals surface area contributed by atoms with Crippen molar-refractivity contribution >= 4 is 27.8 Å². The minimum Gasteiger partial charge on any atom is -0.496 e. The zero-order valence-corrected chi connectivity index (χ0v) is 14.4. The van der Waals surface area contributed by atoms with Crippen LogP contribution in [0.15, 0.2) is 40.9 Å². The van der Waals surface area contributed by atoms with Gasteiger partial charge < -0.3 is 14.7 Å². The normalized spacial score (nSPS) is 23.7. The molecule has 0 spiro atoms. The molecule has 0 bridgehead atoms. The monoisotopic (exact) mass is 395 g/mol. The van der Waals surface area contributed by atoms with Crippen LogP contribution < -0.4 is 4.74 Å². The molecule has 2 aliphatic rings. The average molecular weight is 396 g/mol. The minimum atomic E-state index is -1.30. The number of allylic oxidation sites excluding steroid dienone is 2. The number of likely N-dealkylation sites (tertiary alicyclic amines) is 1. The highest BCUT2D eigenvalue weighted by Crippen LogP contribution is 2.39. The second kappa shape index (κ2) is 6.39. The molecule has 3 atom stereocenters. The first-order valence-electron chi connectivity index (χ1n) is 7.34. The zero-order chi connectivity index (χ0) is 17.4. The largest absolute Gasteiger partial charge is 0.496 e. The molecule has 0 radical (unpaired) electrons. The van der Waals surface area contributed by atoms with Crippen LogP contribution in [0.5, 0.6) is 5.75 Å². The van der Waals surface area contributed by atoms with Crippen LogP contribution in [-0.4, -0.2) is 35.5 Å². The van der Waals surface area contributed by atoms with Crippen LogP contribution in [0, 0.1) is 17.7 Å². The number of hydrogen-bond acceptors (Lipinski definition) is 3. The third-order valence-electron chi connectivity index (χ3n) is 4.31. The number of carboxylic acids is 1. The second-order valence-electron chi connectivity index (χ2n) is 5.72. The number of carbonyl (C=O) groups is 2.